The van der Waals surface area contributed by atoms with Crippen molar-refractivity contribution in [3.05, 3.63) is 29.8 Å². The number of benzene rings is 1. The van der Waals surface area contributed by atoms with E-state index in [0.717, 1.165) is 17.7 Å². The standard InChI is InChI=1S/C16H26O5/c1-3-21-15-7-5-14(6-8-15)16(17)13-20-10-4-9-19-12-11-18-2/h5-8,16-17H,3-4,9-13H2,1-2H3. The van der Waals surface area contributed by atoms with E-state index >= 15 is 0 Å². The maximum absolute atomic E-state index is 10.0. The highest BCUT2D eigenvalue weighted by atomic mass is 16.5. The van der Waals surface area contributed by atoms with Crippen LogP contribution in [0.15, 0.2) is 24.3 Å². The molecule has 21 heavy (non-hydrogen) atoms. The van der Waals surface area contributed by atoms with E-state index in [1.807, 2.05) is 31.2 Å². The van der Waals surface area contributed by atoms with Crippen molar-refractivity contribution in [2.75, 3.05) is 46.8 Å². The molecule has 0 bridgehead atoms. The second-order valence-corrected chi connectivity index (χ2v) is 4.55. The van der Waals surface area contributed by atoms with Crippen LogP contribution in [-0.2, 0) is 14.2 Å². The summed E-state index contributed by atoms with van der Waals surface area (Å²) in [5, 5.41) is 10.0. The van der Waals surface area contributed by atoms with Crippen LogP contribution >= 0.6 is 0 Å². The van der Waals surface area contributed by atoms with Crippen LogP contribution in [0.25, 0.3) is 0 Å². The van der Waals surface area contributed by atoms with Crippen molar-refractivity contribution in [2.45, 2.75) is 19.4 Å². The molecule has 0 saturated heterocycles. The fourth-order valence-corrected chi connectivity index (χ4v) is 1.75. The van der Waals surface area contributed by atoms with Crippen molar-refractivity contribution < 1.29 is 24.1 Å². The van der Waals surface area contributed by atoms with Crippen LogP contribution in [0, 0.1) is 0 Å². The molecule has 0 aliphatic rings. The van der Waals surface area contributed by atoms with E-state index in [1.54, 1.807) is 7.11 Å². The smallest absolute Gasteiger partial charge is 0.119 e. The fourth-order valence-electron chi connectivity index (χ4n) is 1.75. The third-order valence-electron chi connectivity index (χ3n) is 2.86. The summed E-state index contributed by atoms with van der Waals surface area (Å²) in [5.74, 6) is 0.808. The first kappa shape index (κ1) is 17.9. The van der Waals surface area contributed by atoms with E-state index < -0.39 is 6.10 Å². The van der Waals surface area contributed by atoms with Crippen molar-refractivity contribution in [3.8, 4) is 5.75 Å². The monoisotopic (exact) mass is 298 g/mol. The SMILES string of the molecule is CCOc1ccc(C(O)COCCCOCCOC)cc1. The van der Waals surface area contributed by atoms with Crippen LogP contribution < -0.4 is 4.74 Å². The lowest BCUT2D eigenvalue weighted by Gasteiger charge is -2.12. The molecule has 5 heteroatoms. The van der Waals surface area contributed by atoms with E-state index in [9.17, 15) is 5.11 Å². The molecular weight excluding hydrogens is 272 g/mol. The van der Waals surface area contributed by atoms with Crippen LogP contribution in [0.1, 0.15) is 25.0 Å². The maximum atomic E-state index is 10.0. The molecule has 0 amide bonds. The first-order chi connectivity index (χ1) is 10.3. The minimum atomic E-state index is -0.616. The van der Waals surface area contributed by atoms with Gasteiger partial charge in [0.15, 0.2) is 0 Å². The van der Waals surface area contributed by atoms with Crippen LogP contribution in [0.4, 0.5) is 0 Å². The normalized spacial score (nSPS) is 12.3. The van der Waals surface area contributed by atoms with Gasteiger partial charge >= 0.3 is 0 Å². The maximum Gasteiger partial charge on any atom is 0.119 e. The Morgan fingerprint density at radius 2 is 1.71 bits per heavy atom. The quantitative estimate of drug-likeness (QED) is 0.599. The molecule has 0 spiro atoms. The van der Waals surface area contributed by atoms with E-state index in [1.165, 1.54) is 0 Å². The molecule has 1 rings (SSSR count). The van der Waals surface area contributed by atoms with Gasteiger partial charge in [-0.1, -0.05) is 12.1 Å². The lowest BCUT2D eigenvalue weighted by Crippen LogP contribution is -2.10. The van der Waals surface area contributed by atoms with Crippen molar-refractivity contribution in [1.82, 2.24) is 0 Å². The van der Waals surface area contributed by atoms with Gasteiger partial charge in [-0.25, -0.2) is 0 Å². The topological polar surface area (TPSA) is 57.2 Å². The molecule has 120 valence electrons. The molecule has 1 N–H and O–H groups in total. The molecule has 0 aliphatic carbocycles. The largest absolute Gasteiger partial charge is 0.494 e. The van der Waals surface area contributed by atoms with Crippen molar-refractivity contribution in [2.24, 2.45) is 0 Å². The molecule has 1 unspecified atom stereocenters. The Hall–Kier alpha value is -1.14. The van der Waals surface area contributed by atoms with Gasteiger partial charge in [-0.15, -0.1) is 0 Å². The van der Waals surface area contributed by atoms with Gasteiger partial charge in [0.25, 0.3) is 0 Å². The van der Waals surface area contributed by atoms with Gasteiger partial charge in [0.1, 0.15) is 11.9 Å². The minimum Gasteiger partial charge on any atom is -0.494 e. The molecule has 0 aliphatic heterocycles. The molecule has 1 atom stereocenters. The van der Waals surface area contributed by atoms with Crippen LogP contribution in [0.3, 0.4) is 0 Å². The Kier molecular flexibility index (Phi) is 9.82. The summed E-state index contributed by atoms with van der Waals surface area (Å²) in [6.07, 6.45) is 0.190. The summed E-state index contributed by atoms with van der Waals surface area (Å²) in [4.78, 5) is 0. The van der Waals surface area contributed by atoms with E-state index in [2.05, 4.69) is 0 Å². The number of aliphatic hydroxyl groups is 1. The number of rotatable bonds is 12. The van der Waals surface area contributed by atoms with E-state index in [-0.39, 0.29) is 6.61 Å². The predicted molar refractivity (Wildman–Crippen MR) is 80.7 cm³/mol. The molecule has 1 aromatic rings. The third kappa shape index (κ3) is 8.02. The van der Waals surface area contributed by atoms with Gasteiger partial charge in [-0.05, 0) is 31.0 Å². The first-order valence-corrected chi connectivity index (χ1v) is 7.33. The van der Waals surface area contributed by atoms with E-state index in [4.69, 9.17) is 18.9 Å². The highest BCUT2D eigenvalue weighted by Gasteiger charge is 2.07. The highest BCUT2D eigenvalue weighted by molar-refractivity contribution is 5.28. The van der Waals surface area contributed by atoms with Gasteiger partial charge in [-0.3, -0.25) is 0 Å². The molecule has 0 radical (unpaired) electrons. The lowest BCUT2D eigenvalue weighted by atomic mass is 10.1. The van der Waals surface area contributed by atoms with Gasteiger partial charge in [0.05, 0.1) is 26.4 Å². The fraction of sp³-hybridized carbons (Fsp3) is 0.625. The highest BCUT2D eigenvalue weighted by Crippen LogP contribution is 2.18. The van der Waals surface area contributed by atoms with Crippen molar-refractivity contribution in [3.63, 3.8) is 0 Å². The third-order valence-corrected chi connectivity index (χ3v) is 2.86. The zero-order valence-corrected chi connectivity index (χ0v) is 12.9. The zero-order chi connectivity index (χ0) is 15.3. The van der Waals surface area contributed by atoms with Crippen LogP contribution in [0.5, 0.6) is 5.75 Å². The van der Waals surface area contributed by atoms with E-state index in [0.29, 0.717) is 33.0 Å². The zero-order valence-electron chi connectivity index (χ0n) is 12.9. The second kappa shape index (κ2) is 11.5. The predicted octanol–water partition coefficient (Wildman–Crippen LogP) is 2.19. The summed E-state index contributed by atoms with van der Waals surface area (Å²) < 4.78 is 21.0. The summed E-state index contributed by atoms with van der Waals surface area (Å²) in [7, 11) is 1.65. The lowest BCUT2D eigenvalue weighted by molar-refractivity contribution is 0.0182. The van der Waals surface area contributed by atoms with Crippen LogP contribution in [0.2, 0.25) is 0 Å². The Morgan fingerprint density at radius 3 is 2.38 bits per heavy atom. The van der Waals surface area contributed by atoms with Gasteiger partial charge < -0.3 is 24.1 Å². The summed E-state index contributed by atoms with van der Waals surface area (Å²) >= 11 is 0. The van der Waals surface area contributed by atoms with Gasteiger partial charge in [0, 0.05) is 20.3 Å². The molecule has 0 aromatic heterocycles. The van der Waals surface area contributed by atoms with Crippen LogP contribution in [-0.4, -0.2) is 51.9 Å². The number of aliphatic hydroxyl groups excluding tert-OH is 1. The molecular formula is C16H26O5. The minimum absolute atomic E-state index is 0.284. The van der Waals surface area contributed by atoms with Gasteiger partial charge in [0.2, 0.25) is 0 Å². The molecule has 1 aromatic carbocycles. The Labute approximate surface area is 126 Å². The second-order valence-electron chi connectivity index (χ2n) is 4.55. The summed E-state index contributed by atoms with van der Waals surface area (Å²) in [6.45, 7) is 5.28. The average molecular weight is 298 g/mol. The average Bonchev–Trinajstić information content (AvgIpc) is 2.51. The summed E-state index contributed by atoms with van der Waals surface area (Å²) in [6, 6.07) is 7.41. The summed E-state index contributed by atoms with van der Waals surface area (Å²) in [5.41, 5.74) is 0.829. The molecule has 0 fully saturated rings. The van der Waals surface area contributed by atoms with Crippen molar-refractivity contribution >= 4 is 0 Å². The Morgan fingerprint density at radius 1 is 1.00 bits per heavy atom. The number of hydrogen-bond acceptors (Lipinski definition) is 5. The molecule has 0 saturated carbocycles. The molecule has 0 heterocycles. The number of methoxy groups -OCH3 is 1. The number of hydrogen-bond donors (Lipinski definition) is 1. The number of ether oxygens (including phenoxy) is 4. The van der Waals surface area contributed by atoms with Gasteiger partial charge in [-0.2, -0.15) is 0 Å². The van der Waals surface area contributed by atoms with Crippen molar-refractivity contribution in [1.29, 1.82) is 0 Å². The first-order valence-electron chi connectivity index (χ1n) is 7.33. The molecule has 5 nitrogen and oxygen atoms in total. The Balaban J connectivity index is 2.11. The Bertz CT molecular complexity index is 352.